The van der Waals surface area contributed by atoms with Crippen molar-refractivity contribution >= 4 is 25.6 Å². The molecule has 0 heterocycles. The van der Waals surface area contributed by atoms with Crippen molar-refractivity contribution < 1.29 is 13.3 Å². The molecule has 1 aromatic carbocycles. The predicted molar refractivity (Wildman–Crippen MR) is 55.2 cm³/mol. The van der Waals surface area contributed by atoms with Crippen LogP contribution < -0.4 is 4.18 Å². The summed E-state index contributed by atoms with van der Waals surface area (Å²) in [6, 6.07) is 5.23. The standard InChI is InChI=1S/C7H7NO4S2/c1-14(11,13)12-7-4-2-6(3-5-7)8(9)10/h2-5H,1H3. The van der Waals surface area contributed by atoms with Crippen LogP contribution in [0.5, 0.6) is 5.75 Å². The Morgan fingerprint density at radius 1 is 1.43 bits per heavy atom. The van der Waals surface area contributed by atoms with E-state index in [1.54, 1.807) is 0 Å². The van der Waals surface area contributed by atoms with Crippen LogP contribution in [0, 0.1) is 10.1 Å². The first kappa shape index (κ1) is 10.9. The molecular weight excluding hydrogens is 226 g/mol. The first-order valence-electron chi connectivity index (χ1n) is 3.52. The lowest BCUT2D eigenvalue weighted by molar-refractivity contribution is -0.384. The normalized spacial score (nSPS) is 14.4. The van der Waals surface area contributed by atoms with Crippen molar-refractivity contribution in [2.45, 2.75) is 0 Å². The molecule has 0 saturated carbocycles. The van der Waals surface area contributed by atoms with Crippen LogP contribution in [-0.2, 0) is 20.0 Å². The van der Waals surface area contributed by atoms with Crippen LogP contribution >= 0.6 is 0 Å². The molecule has 0 aromatic heterocycles. The zero-order valence-electron chi connectivity index (χ0n) is 7.21. The molecule has 7 heteroatoms. The topological polar surface area (TPSA) is 69.4 Å². The zero-order valence-corrected chi connectivity index (χ0v) is 8.84. The van der Waals surface area contributed by atoms with Gasteiger partial charge >= 0.3 is 0 Å². The van der Waals surface area contributed by atoms with Crippen LogP contribution in [0.25, 0.3) is 0 Å². The third kappa shape index (κ3) is 3.27. The Bertz CT molecular complexity index is 437. The van der Waals surface area contributed by atoms with Gasteiger partial charge in [0.25, 0.3) is 5.69 Å². The largest absolute Gasteiger partial charge is 0.401 e. The summed E-state index contributed by atoms with van der Waals surface area (Å²) in [5, 5.41) is 10.3. The number of non-ortho nitro benzene ring substituents is 1. The molecule has 14 heavy (non-hydrogen) atoms. The molecular formula is C7H7NO4S2. The zero-order chi connectivity index (χ0) is 10.8. The van der Waals surface area contributed by atoms with Crippen LogP contribution in [0.3, 0.4) is 0 Å². The minimum atomic E-state index is -2.75. The van der Waals surface area contributed by atoms with Crippen molar-refractivity contribution in [1.29, 1.82) is 0 Å². The van der Waals surface area contributed by atoms with E-state index in [0.717, 1.165) is 0 Å². The highest BCUT2D eigenvalue weighted by Crippen LogP contribution is 2.18. The summed E-state index contributed by atoms with van der Waals surface area (Å²) in [6.07, 6.45) is 1.27. The van der Waals surface area contributed by atoms with Crippen LogP contribution in [-0.4, -0.2) is 15.4 Å². The van der Waals surface area contributed by atoms with Crippen molar-refractivity contribution in [3.05, 3.63) is 34.4 Å². The third-order valence-corrected chi connectivity index (χ3v) is 1.99. The molecule has 0 fully saturated rings. The van der Waals surface area contributed by atoms with Crippen molar-refractivity contribution in [2.24, 2.45) is 0 Å². The lowest BCUT2D eigenvalue weighted by Crippen LogP contribution is -2.03. The van der Waals surface area contributed by atoms with Crippen LogP contribution in [0.2, 0.25) is 0 Å². The van der Waals surface area contributed by atoms with Gasteiger partial charge in [-0.2, -0.15) is 0 Å². The second-order valence-corrected chi connectivity index (χ2v) is 5.93. The van der Waals surface area contributed by atoms with Crippen molar-refractivity contribution in [1.82, 2.24) is 0 Å². The second-order valence-electron chi connectivity index (χ2n) is 2.54. The smallest absolute Gasteiger partial charge is 0.269 e. The van der Waals surface area contributed by atoms with E-state index >= 15 is 0 Å². The number of benzene rings is 1. The highest BCUT2D eigenvalue weighted by atomic mass is 32.8. The molecule has 0 aliphatic carbocycles. The van der Waals surface area contributed by atoms with Gasteiger partial charge in [0.15, 0.2) is 8.77 Å². The van der Waals surface area contributed by atoms with Gasteiger partial charge in [0.05, 0.1) is 4.92 Å². The van der Waals surface area contributed by atoms with E-state index < -0.39 is 13.7 Å². The Morgan fingerprint density at radius 3 is 2.29 bits per heavy atom. The molecule has 1 unspecified atom stereocenters. The molecule has 1 atom stereocenters. The Hall–Kier alpha value is -1.21. The molecule has 0 saturated heterocycles. The second kappa shape index (κ2) is 3.89. The average Bonchev–Trinajstić information content (AvgIpc) is 2.02. The predicted octanol–water partition coefficient (Wildman–Crippen LogP) is 1.26. The van der Waals surface area contributed by atoms with Gasteiger partial charge < -0.3 is 4.18 Å². The number of nitrogens with zero attached hydrogens (tertiary/aromatic N) is 1. The number of nitro benzene ring substituents is 1. The van der Waals surface area contributed by atoms with Crippen molar-refractivity contribution in [2.75, 3.05) is 6.26 Å². The molecule has 0 spiro atoms. The number of nitro groups is 1. The molecule has 1 aromatic rings. The van der Waals surface area contributed by atoms with Gasteiger partial charge in [-0.3, -0.25) is 10.1 Å². The molecule has 0 aliphatic heterocycles. The van der Waals surface area contributed by atoms with E-state index in [4.69, 9.17) is 4.18 Å². The fourth-order valence-electron chi connectivity index (χ4n) is 0.798. The van der Waals surface area contributed by atoms with E-state index in [1.807, 2.05) is 0 Å². The fourth-order valence-corrected chi connectivity index (χ4v) is 1.49. The molecule has 5 nitrogen and oxygen atoms in total. The minimum absolute atomic E-state index is 0.0516. The maximum absolute atomic E-state index is 11.0. The molecule has 0 N–H and O–H groups in total. The summed E-state index contributed by atoms with van der Waals surface area (Å²) >= 11 is 4.52. The summed E-state index contributed by atoms with van der Waals surface area (Å²) in [5.41, 5.74) is -0.0516. The molecule has 0 radical (unpaired) electrons. The van der Waals surface area contributed by atoms with E-state index in [1.165, 1.54) is 30.5 Å². The summed E-state index contributed by atoms with van der Waals surface area (Å²) in [7, 11) is -2.75. The van der Waals surface area contributed by atoms with Crippen LogP contribution in [0.1, 0.15) is 0 Å². The quantitative estimate of drug-likeness (QED) is 0.580. The van der Waals surface area contributed by atoms with Crippen molar-refractivity contribution in [3.63, 3.8) is 0 Å². The van der Waals surface area contributed by atoms with E-state index in [-0.39, 0.29) is 11.4 Å². The number of rotatable bonds is 3. The Kier molecular flexibility index (Phi) is 3.02. The van der Waals surface area contributed by atoms with Gasteiger partial charge in [0.2, 0.25) is 0 Å². The summed E-state index contributed by atoms with van der Waals surface area (Å²) in [4.78, 5) is 9.76. The highest BCUT2D eigenvalue weighted by Gasteiger charge is 2.06. The van der Waals surface area contributed by atoms with Gasteiger partial charge in [-0.05, 0) is 12.1 Å². The van der Waals surface area contributed by atoms with Gasteiger partial charge in [0, 0.05) is 29.6 Å². The highest BCUT2D eigenvalue weighted by molar-refractivity contribution is 8.30. The molecule has 0 aliphatic rings. The van der Waals surface area contributed by atoms with E-state index in [0.29, 0.717) is 0 Å². The van der Waals surface area contributed by atoms with Gasteiger partial charge in [0.1, 0.15) is 5.75 Å². The van der Waals surface area contributed by atoms with Crippen molar-refractivity contribution in [3.8, 4) is 5.75 Å². The summed E-state index contributed by atoms with van der Waals surface area (Å²) in [6.45, 7) is 0. The first-order chi connectivity index (χ1) is 6.38. The minimum Gasteiger partial charge on any atom is -0.401 e. The fraction of sp³-hybridized carbons (Fsp3) is 0.143. The number of hydrogen-bond acceptors (Lipinski definition) is 5. The van der Waals surface area contributed by atoms with E-state index in [2.05, 4.69) is 11.2 Å². The molecule has 0 bridgehead atoms. The Labute approximate surface area is 85.7 Å². The average molecular weight is 233 g/mol. The van der Waals surface area contributed by atoms with Crippen LogP contribution in [0.4, 0.5) is 5.69 Å². The third-order valence-electron chi connectivity index (χ3n) is 1.30. The Balaban J connectivity index is 2.90. The molecule has 0 amide bonds. The van der Waals surface area contributed by atoms with Gasteiger partial charge in [-0.15, -0.1) is 0 Å². The van der Waals surface area contributed by atoms with Crippen LogP contribution in [0.15, 0.2) is 24.3 Å². The lowest BCUT2D eigenvalue weighted by Gasteiger charge is -2.03. The SMILES string of the molecule is CS(=O)(=S)Oc1ccc([N+](=O)[O-])cc1. The molecule has 1 rings (SSSR count). The maximum Gasteiger partial charge on any atom is 0.269 e. The van der Waals surface area contributed by atoms with E-state index in [9.17, 15) is 14.3 Å². The summed E-state index contributed by atoms with van der Waals surface area (Å²) < 4.78 is 15.9. The number of hydrogen-bond donors (Lipinski definition) is 0. The monoisotopic (exact) mass is 233 g/mol. The summed E-state index contributed by atoms with van der Waals surface area (Å²) in [5.74, 6) is 0.262. The maximum atomic E-state index is 11.0. The first-order valence-corrected chi connectivity index (χ1v) is 6.34. The van der Waals surface area contributed by atoms with Gasteiger partial charge in [-0.25, -0.2) is 4.21 Å². The lowest BCUT2D eigenvalue weighted by atomic mass is 10.3. The van der Waals surface area contributed by atoms with Gasteiger partial charge in [-0.1, -0.05) is 0 Å². The molecule has 76 valence electrons. The Morgan fingerprint density at radius 2 is 1.93 bits per heavy atom.